The summed E-state index contributed by atoms with van der Waals surface area (Å²) < 4.78 is 16.4. The van der Waals surface area contributed by atoms with Gasteiger partial charge in [-0.15, -0.1) is 0 Å². The summed E-state index contributed by atoms with van der Waals surface area (Å²) >= 11 is 0. The molecule has 0 radical (unpaired) electrons. The maximum absolute atomic E-state index is 5.46. The third-order valence-electron chi connectivity index (χ3n) is 5.48. The number of allylic oxidation sites excluding steroid dienone is 2. The first-order valence-corrected chi connectivity index (χ1v) is 15.5. The average molecular weight is 389 g/mol. The van der Waals surface area contributed by atoms with E-state index in [-0.39, 0.29) is 0 Å². The molecule has 0 heterocycles. The van der Waals surface area contributed by atoms with Crippen LogP contribution in [-0.4, -0.2) is 38.2 Å². The van der Waals surface area contributed by atoms with Crippen molar-refractivity contribution >= 4 is 16.9 Å². The van der Waals surface area contributed by atoms with Crippen LogP contribution >= 0.6 is 0 Å². The molecule has 0 saturated carbocycles. The molecule has 0 aliphatic heterocycles. The Labute approximate surface area is 159 Å². The zero-order valence-corrected chi connectivity index (χ0v) is 20.3. The van der Waals surface area contributed by atoms with Crippen molar-refractivity contribution in [2.45, 2.75) is 97.3 Å². The number of rotatable bonds is 15. The van der Waals surface area contributed by atoms with Crippen molar-refractivity contribution in [3.63, 3.8) is 0 Å². The molecular weight excluding hydrogens is 344 g/mol. The van der Waals surface area contributed by atoms with Crippen LogP contribution in [0.15, 0.2) is 10.8 Å². The Hall–Kier alpha value is 0.0538. The molecule has 5 heteroatoms. The van der Waals surface area contributed by atoms with Crippen LogP contribution in [0.4, 0.5) is 0 Å². The van der Waals surface area contributed by atoms with Gasteiger partial charge in [0.05, 0.1) is 8.07 Å². The predicted molar refractivity (Wildman–Crippen MR) is 115 cm³/mol. The lowest BCUT2D eigenvalue weighted by Crippen LogP contribution is -2.42. The lowest BCUT2D eigenvalue weighted by atomic mass is 10.0. The Morgan fingerprint density at radius 3 is 1.44 bits per heavy atom. The van der Waals surface area contributed by atoms with Gasteiger partial charge in [0.15, 0.2) is 0 Å². The van der Waals surface area contributed by atoms with Gasteiger partial charge in [0, 0.05) is 27.4 Å². The molecule has 0 atom stereocenters. The smallest absolute Gasteiger partial charge is 0.377 e. The van der Waals surface area contributed by atoms with Crippen LogP contribution in [0, 0.1) is 0 Å². The highest BCUT2D eigenvalue weighted by Gasteiger charge is 2.36. The molecule has 0 saturated heterocycles. The summed E-state index contributed by atoms with van der Waals surface area (Å²) in [6, 6.07) is 0.929. The highest BCUT2D eigenvalue weighted by Crippen LogP contribution is 2.22. The van der Waals surface area contributed by atoms with Crippen molar-refractivity contribution in [1.29, 1.82) is 0 Å². The van der Waals surface area contributed by atoms with Gasteiger partial charge in [-0.1, -0.05) is 68.9 Å². The van der Waals surface area contributed by atoms with E-state index in [1.165, 1.54) is 51.4 Å². The van der Waals surface area contributed by atoms with E-state index in [9.17, 15) is 0 Å². The molecule has 0 aromatic rings. The van der Waals surface area contributed by atoms with E-state index in [4.69, 9.17) is 13.3 Å². The summed E-state index contributed by atoms with van der Waals surface area (Å²) in [6.07, 6.45) is 11.8. The standard InChI is InChI=1S/C20H44O3Si2/c1-19(20(2)24(6,7)8)17-15-13-11-9-10-12-14-16-18-25(21-3,22-4)23-5/h9-18H2,1-8H3. The average Bonchev–Trinajstić information content (AvgIpc) is 2.58. The molecule has 150 valence electrons. The summed E-state index contributed by atoms with van der Waals surface area (Å²) in [5.41, 5.74) is 1.65. The maximum Gasteiger partial charge on any atom is 0.500 e. The van der Waals surface area contributed by atoms with Crippen LogP contribution in [0.3, 0.4) is 0 Å². The maximum atomic E-state index is 5.46. The SMILES string of the molecule is CO[Si](CCCCCCCCCCC(C)=C(C)[Si](C)(C)C)(OC)OC. The quantitative estimate of drug-likeness (QED) is 0.234. The van der Waals surface area contributed by atoms with E-state index in [0.29, 0.717) is 0 Å². The summed E-state index contributed by atoms with van der Waals surface area (Å²) in [6.45, 7) is 12.0. The van der Waals surface area contributed by atoms with Gasteiger partial charge < -0.3 is 13.3 Å². The minimum Gasteiger partial charge on any atom is -0.377 e. The van der Waals surface area contributed by atoms with Gasteiger partial charge in [-0.05, 0) is 33.1 Å². The fourth-order valence-electron chi connectivity index (χ4n) is 3.18. The topological polar surface area (TPSA) is 27.7 Å². The van der Waals surface area contributed by atoms with Gasteiger partial charge in [-0.25, -0.2) is 0 Å². The zero-order chi connectivity index (χ0) is 19.3. The molecule has 0 fully saturated rings. The lowest BCUT2D eigenvalue weighted by molar-refractivity contribution is 0.122. The van der Waals surface area contributed by atoms with Crippen molar-refractivity contribution in [3.05, 3.63) is 10.8 Å². The first-order chi connectivity index (χ1) is 11.7. The Kier molecular flexibility index (Phi) is 13.3. The van der Waals surface area contributed by atoms with Gasteiger partial charge >= 0.3 is 8.80 Å². The number of hydrogen-bond acceptors (Lipinski definition) is 3. The summed E-state index contributed by atoms with van der Waals surface area (Å²) in [4.78, 5) is 0. The summed E-state index contributed by atoms with van der Waals surface area (Å²) in [5, 5.41) is 1.70. The summed E-state index contributed by atoms with van der Waals surface area (Å²) in [7, 11) is 1.66. The molecule has 0 aliphatic carbocycles. The Morgan fingerprint density at radius 2 is 1.04 bits per heavy atom. The molecular formula is C20H44O3Si2. The van der Waals surface area contributed by atoms with Crippen molar-refractivity contribution < 1.29 is 13.3 Å². The minimum atomic E-state index is -2.34. The second kappa shape index (κ2) is 13.3. The predicted octanol–water partition coefficient (Wildman–Crippen LogP) is 6.59. The van der Waals surface area contributed by atoms with Crippen LogP contribution in [0.5, 0.6) is 0 Å². The highest BCUT2D eigenvalue weighted by atomic mass is 28.4. The van der Waals surface area contributed by atoms with Crippen LogP contribution in [0.2, 0.25) is 25.7 Å². The van der Waals surface area contributed by atoms with Gasteiger partial charge in [0.1, 0.15) is 0 Å². The van der Waals surface area contributed by atoms with E-state index in [1.807, 2.05) is 0 Å². The third-order valence-corrected chi connectivity index (χ3v) is 11.0. The molecule has 0 N–H and O–H groups in total. The van der Waals surface area contributed by atoms with Gasteiger partial charge in [-0.3, -0.25) is 0 Å². The molecule has 0 aliphatic rings. The molecule has 3 nitrogen and oxygen atoms in total. The third kappa shape index (κ3) is 10.7. The van der Waals surface area contributed by atoms with Crippen molar-refractivity contribution in [1.82, 2.24) is 0 Å². The second-order valence-corrected chi connectivity index (χ2v) is 16.6. The van der Waals surface area contributed by atoms with Gasteiger partial charge in [-0.2, -0.15) is 0 Å². The van der Waals surface area contributed by atoms with Crippen molar-refractivity contribution in [2.75, 3.05) is 21.3 Å². The molecule has 25 heavy (non-hydrogen) atoms. The molecule has 0 spiro atoms. The highest BCUT2D eigenvalue weighted by molar-refractivity contribution is 6.83. The summed E-state index contributed by atoms with van der Waals surface area (Å²) in [5.74, 6) is 0. The van der Waals surface area contributed by atoms with Gasteiger partial charge in [0.2, 0.25) is 0 Å². The van der Waals surface area contributed by atoms with Crippen molar-refractivity contribution in [2.24, 2.45) is 0 Å². The van der Waals surface area contributed by atoms with Crippen LogP contribution in [0.25, 0.3) is 0 Å². The zero-order valence-electron chi connectivity index (χ0n) is 18.3. The second-order valence-electron chi connectivity index (χ2n) is 8.28. The fourth-order valence-corrected chi connectivity index (χ4v) is 6.38. The first-order valence-electron chi connectivity index (χ1n) is 10.0. The Balaban J connectivity index is 3.66. The normalized spacial score (nSPS) is 13.9. The van der Waals surface area contributed by atoms with E-state index >= 15 is 0 Å². The monoisotopic (exact) mass is 388 g/mol. The largest absolute Gasteiger partial charge is 0.500 e. The number of hydrogen-bond donors (Lipinski definition) is 0. The molecule has 0 amide bonds. The van der Waals surface area contributed by atoms with Gasteiger partial charge in [0.25, 0.3) is 0 Å². The Bertz CT molecular complexity index is 363. The van der Waals surface area contributed by atoms with Crippen LogP contribution < -0.4 is 0 Å². The fraction of sp³-hybridized carbons (Fsp3) is 0.900. The molecule has 0 aromatic heterocycles. The van der Waals surface area contributed by atoms with E-state index < -0.39 is 16.9 Å². The number of unbranched alkanes of at least 4 members (excludes halogenated alkanes) is 7. The first kappa shape index (κ1) is 25.1. The molecule has 0 rings (SSSR count). The van der Waals surface area contributed by atoms with E-state index in [2.05, 4.69) is 33.5 Å². The lowest BCUT2D eigenvalue weighted by Gasteiger charge is -2.24. The molecule has 0 aromatic carbocycles. The van der Waals surface area contributed by atoms with Crippen molar-refractivity contribution in [3.8, 4) is 0 Å². The van der Waals surface area contributed by atoms with E-state index in [1.54, 1.807) is 32.1 Å². The van der Waals surface area contributed by atoms with E-state index in [0.717, 1.165) is 12.5 Å². The molecule has 0 bridgehead atoms. The van der Waals surface area contributed by atoms with Crippen LogP contribution in [-0.2, 0) is 13.3 Å². The van der Waals surface area contributed by atoms with Crippen LogP contribution in [0.1, 0.15) is 71.6 Å². The molecule has 0 unspecified atom stereocenters. The Morgan fingerprint density at radius 1 is 0.640 bits per heavy atom. The minimum absolute atomic E-state index is 0.929.